The molecule has 0 aliphatic heterocycles. The monoisotopic (exact) mass is 174 g/mol. The van der Waals surface area contributed by atoms with Gasteiger partial charge in [-0.1, -0.05) is 12.1 Å². The van der Waals surface area contributed by atoms with Crippen molar-refractivity contribution in [3.63, 3.8) is 0 Å². The largest absolute Gasteiger partial charge is 0.399 e. The molecule has 0 spiro atoms. The van der Waals surface area contributed by atoms with Crippen molar-refractivity contribution in [2.45, 2.75) is 6.92 Å². The molecule has 66 valence electrons. The minimum absolute atomic E-state index is 0.736. The van der Waals surface area contributed by atoms with Crippen molar-refractivity contribution in [1.82, 2.24) is 15.4 Å². The van der Waals surface area contributed by atoms with Crippen LogP contribution in [0.15, 0.2) is 24.3 Å². The quantitative estimate of drug-likeness (QED) is 0.641. The molecule has 0 atom stereocenters. The van der Waals surface area contributed by atoms with Gasteiger partial charge in [-0.05, 0) is 19.1 Å². The van der Waals surface area contributed by atoms with Crippen LogP contribution in [0.5, 0.6) is 0 Å². The Morgan fingerprint density at radius 2 is 2.15 bits per heavy atom. The lowest BCUT2D eigenvalue weighted by Gasteiger charge is -1.98. The molecular weight excluding hydrogens is 164 g/mol. The number of nitrogen functional groups attached to an aromatic ring is 1. The maximum atomic E-state index is 5.66. The van der Waals surface area contributed by atoms with Crippen LogP contribution < -0.4 is 5.73 Å². The Labute approximate surface area is 75.8 Å². The van der Waals surface area contributed by atoms with Crippen LogP contribution in [0.1, 0.15) is 5.69 Å². The van der Waals surface area contributed by atoms with Crippen molar-refractivity contribution in [3.05, 3.63) is 30.0 Å². The van der Waals surface area contributed by atoms with Crippen LogP contribution in [0.3, 0.4) is 0 Å². The second-order valence-electron chi connectivity index (χ2n) is 2.88. The number of anilines is 1. The van der Waals surface area contributed by atoms with Crippen molar-refractivity contribution in [2.24, 2.45) is 0 Å². The van der Waals surface area contributed by atoms with Crippen LogP contribution in [-0.4, -0.2) is 15.4 Å². The third-order valence-electron chi connectivity index (χ3n) is 1.88. The lowest BCUT2D eigenvalue weighted by molar-refractivity contribution is 0.929. The minimum atomic E-state index is 0.736. The predicted molar refractivity (Wildman–Crippen MR) is 51.0 cm³/mol. The van der Waals surface area contributed by atoms with Gasteiger partial charge < -0.3 is 5.73 Å². The molecular formula is C9H10N4. The number of nitrogens with one attached hydrogen (secondary N) is 1. The van der Waals surface area contributed by atoms with Crippen molar-refractivity contribution in [2.75, 3.05) is 5.73 Å². The summed E-state index contributed by atoms with van der Waals surface area (Å²) in [5.41, 5.74) is 9.12. The number of aromatic amines is 1. The van der Waals surface area contributed by atoms with Gasteiger partial charge in [-0.3, -0.25) is 0 Å². The molecule has 2 rings (SSSR count). The Kier molecular flexibility index (Phi) is 1.73. The Hall–Kier alpha value is -1.84. The van der Waals surface area contributed by atoms with Crippen LogP contribution >= 0.6 is 0 Å². The highest BCUT2D eigenvalue weighted by Crippen LogP contribution is 2.20. The van der Waals surface area contributed by atoms with Crippen molar-refractivity contribution < 1.29 is 0 Å². The third-order valence-corrected chi connectivity index (χ3v) is 1.88. The van der Waals surface area contributed by atoms with Gasteiger partial charge in [0.2, 0.25) is 0 Å². The minimum Gasteiger partial charge on any atom is -0.399 e. The average molecular weight is 174 g/mol. The maximum Gasteiger partial charge on any atom is 0.115 e. The first-order valence-electron chi connectivity index (χ1n) is 4.00. The second-order valence-corrected chi connectivity index (χ2v) is 2.88. The zero-order valence-electron chi connectivity index (χ0n) is 7.28. The predicted octanol–water partition coefficient (Wildman–Crippen LogP) is 1.36. The van der Waals surface area contributed by atoms with Crippen molar-refractivity contribution in [3.8, 4) is 11.3 Å². The molecule has 2 aromatic rings. The van der Waals surface area contributed by atoms with Crippen LogP contribution in [0.4, 0.5) is 5.69 Å². The van der Waals surface area contributed by atoms with Gasteiger partial charge in [0.05, 0.1) is 5.69 Å². The number of hydrogen-bond acceptors (Lipinski definition) is 3. The Bertz CT molecular complexity index is 419. The SMILES string of the molecule is Cc1n[nH]nc1-c1cccc(N)c1. The van der Waals surface area contributed by atoms with Crippen molar-refractivity contribution in [1.29, 1.82) is 0 Å². The van der Waals surface area contributed by atoms with Crippen LogP contribution in [-0.2, 0) is 0 Å². The van der Waals surface area contributed by atoms with E-state index in [1.54, 1.807) is 0 Å². The number of benzene rings is 1. The fourth-order valence-corrected chi connectivity index (χ4v) is 1.24. The molecule has 0 saturated carbocycles. The van der Waals surface area contributed by atoms with Gasteiger partial charge in [-0.15, -0.1) is 0 Å². The van der Waals surface area contributed by atoms with E-state index in [4.69, 9.17) is 5.73 Å². The zero-order chi connectivity index (χ0) is 9.26. The molecule has 0 fully saturated rings. The van der Waals surface area contributed by atoms with E-state index in [1.807, 2.05) is 31.2 Å². The fraction of sp³-hybridized carbons (Fsp3) is 0.111. The summed E-state index contributed by atoms with van der Waals surface area (Å²) in [4.78, 5) is 0. The van der Waals surface area contributed by atoms with Gasteiger partial charge >= 0.3 is 0 Å². The summed E-state index contributed by atoms with van der Waals surface area (Å²) in [6, 6.07) is 7.59. The molecule has 0 bridgehead atoms. The van der Waals surface area contributed by atoms with E-state index in [9.17, 15) is 0 Å². The Balaban J connectivity index is 2.53. The third kappa shape index (κ3) is 1.38. The topological polar surface area (TPSA) is 67.6 Å². The summed E-state index contributed by atoms with van der Waals surface area (Å²) in [6.45, 7) is 1.90. The van der Waals surface area contributed by atoms with Crippen molar-refractivity contribution >= 4 is 5.69 Å². The van der Waals surface area contributed by atoms with Gasteiger partial charge in [0.25, 0.3) is 0 Å². The molecule has 0 saturated heterocycles. The number of H-pyrrole nitrogens is 1. The van der Waals surface area contributed by atoms with E-state index in [2.05, 4.69) is 15.4 Å². The van der Waals surface area contributed by atoms with E-state index in [0.29, 0.717) is 0 Å². The summed E-state index contributed by atoms with van der Waals surface area (Å²) < 4.78 is 0. The average Bonchev–Trinajstić information content (AvgIpc) is 2.51. The Morgan fingerprint density at radius 3 is 2.77 bits per heavy atom. The summed E-state index contributed by atoms with van der Waals surface area (Å²) in [6.07, 6.45) is 0. The van der Waals surface area contributed by atoms with Gasteiger partial charge in [-0.25, -0.2) is 0 Å². The molecule has 1 aromatic heterocycles. The van der Waals surface area contributed by atoms with Gasteiger partial charge in [0, 0.05) is 11.3 Å². The van der Waals surface area contributed by atoms with E-state index in [-0.39, 0.29) is 0 Å². The molecule has 0 aliphatic carbocycles. The highest BCUT2D eigenvalue weighted by molar-refractivity contribution is 5.65. The molecule has 1 heterocycles. The highest BCUT2D eigenvalue weighted by Gasteiger charge is 2.05. The first kappa shape index (κ1) is 7.79. The highest BCUT2D eigenvalue weighted by atomic mass is 15.3. The Morgan fingerprint density at radius 1 is 1.31 bits per heavy atom. The fourth-order valence-electron chi connectivity index (χ4n) is 1.24. The van der Waals surface area contributed by atoms with Crippen LogP contribution in [0.2, 0.25) is 0 Å². The summed E-state index contributed by atoms with van der Waals surface area (Å²) in [5, 5.41) is 10.6. The molecule has 4 nitrogen and oxygen atoms in total. The number of aromatic nitrogens is 3. The van der Waals surface area contributed by atoms with E-state index < -0.39 is 0 Å². The number of nitrogens with zero attached hydrogens (tertiary/aromatic N) is 2. The maximum absolute atomic E-state index is 5.66. The van der Waals surface area contributed by atoms with Crippen LogP contribution in [0, 0.1) is 6.92 Å². The molecule has 0 amide bonds. The lowest BCUT2D eigenvalue weighted by atomic mass is 10.1. The molecule has 0 unspecified atom stereocenters. The van der Waals surface area contributed by atoms with Gasteiger partial charge in [0.1, 0.15) is 5.69 Å². The normalized spacial score (nSPS) is 10.2. The lowest BCUT2D eigenvalue weighted by Crippen LogP contribution is -1.86. The first-order valence-corrected chi connectivity index (χ1v) is 4.00. The summed E-state index contributed by atoms with van der Waals surface area (Å²) in [7, 11) is 0. The molecule has 3 N–H and O–H groups in total. The van der Waals surface area contributed by atoms with E-state index in [0.717, 1.165) is 22.6 Å². The standard InChI is InChI=1S/C9H10N4/c1-6-9(12-13-11-6)7-3-2-4-8(10)5-7/h2-5H,10H2,1H3,(H,11,12,13). The summed E-state index contributed by atoms with van der Waals surface area (Å²) >= 11 is 0. The number of aryl methyl sites for hydroxylation is 1. The molecule has 0 aliphatic rings. The number of hydrogen-bond donors (Lipinski definition) is 2. The van der Waals surface area contributed by atoms with Gasteiger partial charge in [0.15, 0.2) is 0 Å². The molecule has 13 heavy (non-hydrogen) atoms. The van der Waals surface area contributed by atoms with Gasteiger partial charge in [-0.2, -0.15) is 15.4 Å². The number of nitrogens with two attached hydrogens (primary N) is 1. The molecule has 4 heteroatoms. The van der Waals surface area contributed by atoms with E-state index in [1.165, 1.54) is 0 Å². The molecule has 1 aromatic carbocycles. The second kappa shape index (κ2) is 2.90. The summed E-state index contributed by atoms with van der Waals surface area (Å²) in [5.74, 6) is 0. The first-order chi connectivity index (χ1) is 6.27. The van der Waals surface area contributed by atoms with Crippen LogP contribution in [0.25, 0.3) is 11.3 Å². The number of rotatable bonds is 1. The van der Waals surface area contributed by atoms with E-state index >= 15 is 0 Å². The molecule has 0 radical (unpaired) electrons. The smallest absolute Gasteiger partial charge is 0.115 e. The zero-order valence-corrected chi connectivity index (χ0v) is 7.28.